The van der Waals surface area contributed by atoms with E-state index in [-0.39, 0.29) is 17.8 Å². The normalized spacial score (nSPS) is 10.8. The number of ether oxygens (including phenoxy) is 1. The Bertz CT molecular complexity index is 1210. The topological polar surface area (TPSA) is 102 Å². The van der Waals surface area contributed by atoms with Crippen LogP contribution in [0, 0.1) is 13.8 Å². The van der Waals surface area contributed by atoms with Crippen molar-refractivity contribution in [3.8, 4) is 5.69 Å². The largest absolute Gasteiger partial charge is 0.462 e. The number of hydrogen-bond acceptors (Lipinski definition) is 5. The highest BCUT2D eigenvalue weighted by atomic mass is 16.5. The van der Waals surface area contributed by atoms with Crippen molar-refractivity contribution in [3.63, 3.8) is 0 Å². The monoisotopic (exact) mass is 446 g/mol. The van der Waals surface area contributed by atoms with Gasteiger partial charge in [0.1, 0.15) is 0 Å². The van der Waals surface area contributed by atoms with Crippen LogP contribution in [-0.2, 0) is 9.53 Å². The Morgan fingerprint density at radius 3 is 2.42 bits per heavy atom. The summed E-state index contributed by atoms with van der Waals surface area (Å²) in [5, 5.41) is 6.73. The van der Waals surface area contributed by atoms with Gasteiger partial charge in [0, 0.05) is 40.8 Å². The molecule has 0 saturated carbocycles. The van der Waals surface area contributed by atoms with Gasteiger partial charge >= 0.3 is 5.97 Å². The molecule has 2 aromatic carbocycles. The number of hydrogen-bond donors (Lipinski definition) is 2. The van der Waals surface area contributed by atoms with Gasteiger partial charge in [-0.25, -0.2) is 10.2 Å². The van der Waals surface area contributed by atoms with Crippen LogP contribution in [-0.4, -0.2) is 35.2 Å². The number of hydrazone groups is 1. The molecule has 8 heteroatoms. The molecule has 3 rings (SSSR count). The van der Waals surface area contributed by atoms with E-state index in [0.29, 0.717) is 23.4 Å². The average Bonchev–Trinajstić information content (AvgIpc) is 3.06. The predicted octanol–water partition coefficient (Wildman–Crippen LogP) is 3.99. The van der Waals surface area contributed by atoms with Crippen molar-refractivity contribution in [2.45, 2.75) is 27.7 Å². The summed E-state index contributed by atoms with van der Waals surface area (Å²) in [5.74, 6) is -0.950. The van der Waals surface area contributed by atoms with E-state index in [1.807, 2.05) is 36.6 Å². The number of carbonyl (C=O) groups is 3. The first kappa shape index (κ1) is 23.5. The number of esters is 1. The number of carbonyl (C=O) groups excluding carboxylic acids is 3. The van der Waals surface area contributed by atoms with E-state index in [2.05, 4.69) is 15.8 Å². The number of rotatable bonds is 7. The van der Waals surface area contributed by atoms with Crippen molar-refractivity contribution < 1.29 is 19.1 Å². The highest BCUT2D eigenvalue weighted by Crippen LogP contribution is 2.20. The van der Waals surface area contributed by atoms with Crippen LogP contribution in [0.1, 0.15) is 51.5 Å². The predicted molar refractivity (Wildman–Crippen MR) is 127 cm³/mol. The van der Waals surface area contributed by atoms with Crippen molar-refractivity contribution in [1.29, 1.82) is 0 Å². The molecule has 170 valence electrons. The molecular formula is C25H26N4O4. The first-order chi connectivity index (χ1) is 15.8. The van der Waals surface area contributed by atoms with Crippen molar-refractivity contribution in [2.24, 2.45) is 5.10 Å². The second kappa shape index (κ2) is 10.4. The van der Waals surface area contributed by atoms with Gasteiger partial charge in [-0.15, -0.1) is 0 Å². The van der Waals surface area contributed by atoms with Crippen molar-refractivity contribution in [3.05, 3.63) is 82.7 Å². The van der Waals surface area contributed by atoms with Crippen LogP contribution in [0.4, 0.5) is 5.69 Å². The Hall–Kier alpha value is -4.20. The Morgan fingerprint density at radius 1 is 1.03 bits per heavy atom. The molecule has 0 radical (unpaired) electrons. The van der Waals surface area contributed by atoms with Gasteiger partial charge in [0.05, 0.1) is 18.4 Å². The minimum Gasteiger partial charge on any atom is -0.462 e. The van der Waals surface area contributed by atoms with Gasteiger partial charge in [-0.2, -0.15) is 5.10 Å². The molecule has 2 N–H and O–H groups in total. The zero-order valence-corrected chi connectivity index (χ0v) is 19.0. The summed E-state index contributed by atoms with van der Waals surface area (Å²) in [4.78, 5) is 35.5. The molecule has 0 unspecified atom stereocenters. The van der Waals surface area contributed by atoms with Gasteiger partial charge in [-0.1, -0.05) is 6.07 Å². The third-order valence-corrected chi connectivity index (χ3v) is 4.92. The second-order valence-corrected chi connectivity index (χ2v) is 7.39. The Morgan fingerprint density at radius 2 is 1.76 bits per heavy atom. The SMILES string of the molecule is CCOC(=O)c1ccc(-n2c(C)cc(/C=N\NC(=O)c3cccc(NC(C)=O)c3)c2C)cc1. The molecule has 0 aliphatic heterocycles. The minimum atomic E-state index is -0.387. The maximum absolute atomic E-state index is 12.4. The van der Waals surface area contributed by atoms with Crippen LogP contribution in [0.5, 0.6) is 0 Å². The molecular weight excluding hydrogens is 420 g/mol. The molecule has 0 atom stereocenters. The lowest BCUT2D eigenvalue weighted by Crippen LogP contribution is -2.18. The lowest BCUT2D eigenvalue weighted by atomic mass is 10.2. The fraction of sp³-hybridized carbons (Fsp3) is 0.200. The van der Waals surface area contributed by atoms with Crippen LogP contribution in [0.3, 0.4) is 0 Å². The summed E-state index contributed by atoms with van der Waals surface area (Å²) in [6.07, 6.45) is 1.58. The second-order valence-electron chi connectivity index (χ2n) is 7.39. The number of amides is 2. The summed E-state index contributed by atoms with van der Waals surface area (Å²) in [7, 11) is 0. The number of nitrogens with zero attached hydrogens (tertiary/aromatic N) is 2. The summed E-state index contributed by atoms with van der Waals surface area (Å²) < 4.78 is 7.06. The molecule has 1 aromatic heterocycles. The van der Waals surface area contributed by atoms with E-state index in [1.165, 1.54) is 6.92 Å². The maximum Gasteiger partial charge on any atom is 0.338 e. The standard InChI is InChI=1S/C25H26N4O4/c1-5-33-25(32)19-9-11-23(12-10-19)29-16(2)13-21(17(29)3)15-26-28-24(31)20-7-6-8-22(14-20)27-18(4)30/h6-15H,5H2,1-4H3,(H,27,30)(H,28,31)/b26-15-. The third kappa shape index (κ3) is 5.74. The third-order valence-electron chi connectivity index (χ3n) is 4.92. The lowest BCUT2D eigenvalue weighted by molar-refractivity contribution is -0.114. The van der Waals surface area contributed by atoms with Crippen LogP contribution < -0.4 is 10.7 Å². The molecule has 33 heavy (non-hydrogen) atoms. The Balaban J connectivity index is 1.73. The lowest BCUT2D eigenvalue weighted by Gasteiger charge is -2.10. The summed E-state index contributed by atoms with van der Waals surface area (Å²) in [5.41, 5.74) is 7.58. The van der Waals surface area contributed by atoms with Crippen molar-refractivity contribution in [1.82, 2.24) is 9.99 Å². The zero-order chi connectivity index (χ0) is 24.0. The number of benzene rings is 2. The smallest absolute Gasteiger partial charge is 0.338 e. The molecule has 0 fully saturated rings. The van der Waals surface area contributed by atoms with E-state index in [0.717, 1.165) is 22.6 Å². The highest BCUT2D eigenvalue weighted by Gasteiger charge is 2.12. The first-order valence-corrected chi connectivity index (χ1v) is 10.5. The van der Waals surface area contributed by atoms with Crippen LogP contribution >= 0.6 is 0 Å². The van der Waals surface area contributed by atoms with Crippen molar-refractivity contribution in [2.75, 3.05) is 11.9 Å². The van der Waals surface area contributed by atoms with Crippen molar-refractivity contribution >= 4 is 29.7 Å². The summed E-state index contributed by atoms with van der Waals surface area (Å²) in [6.45, 7) is 7.42. The van der Waals surface area contributed by atoms with Gasteiger partial charge < -0.3 is 14.6 Å². The van der Waals surface area contributed by atoms with E-state index in [1.54, 1.807) is 49.5 Å². The number of aryl methyl sites for hydroxylation is 1. The van der Waals surface area contributed by atoms with Gasteiger partial charge in [0.25, 0.3) is 5.91 Å². The molecule has 0 spiro atoms. The summed E-state index contributed by atoms with van der Waals surface area (Å²) >= 11 is 0. The Kier molecular flexibility index (Phi) is 7.40. The Labute approximate surface area is 192 Å². The summed E-state index contributed by atoms with van der Waals surface area (Å²) in [6, 6.07) is 15.8. The van der Waals surface area contributed by atoms with Crippen LogP contribution in [0.15, 0.2) is 59.7 Å². The molecule has 1 heterocycles. The molecule has 3 aromatic rings. The van der Waals surface area contributed by atoms with Gasteiger partial charge in [-0.3, -0.25) is 9.59 Å². The average molecular weight is 447 g/mol. The van der Waals surface area contributed by atoms with E-state index in [9.17, 15) is 14.4 Å². The van der Waals surface area contributed by atoms with E-state index < -0.39 is 0 Å². The number of anilines is 1. The van der Waals surface area contributed by atoms with E-state index >= 15 is 0 Å². The van der Waals surface area contributed by atoms with E-state index in [4.69, 9.17) is 4.74 Å². The highest BCUT2D eigenvalue weighted by molar-refractivity contribution is 5.97. The van der Waals surface area contributed by atoms with Crippen LogP contribution in [0.25, 0.3) is 5.69 Å². The molecule has 0 bridgehead atoms. The molecule has 0 aliphatic carbocycles. The maximum atomic E-state index is 12.4. The first-order valence-electron chi connectivity index (χ1n) is 10.5. The minimum absolute atomic E-state index is 0.212. The quantitative estimate of drug-likeness (QED) is 0.325. The zero-order valence-electron chi connectivity index (χ0n) is 19.0. The number of nitrogens with one attached hydrogen (secondary N) is 2. The van der Waals surface area contributed by atoms with Gasteiger partial charge in [0.2, 0.25) is 5.91 Å². The fourth-order valence-corrected chi connectivity index (χ4v) is 3.44. The molecule has 2 amide bonds. The number of aromatic nitrogens is 1. The van der Waals surface area contributed by atoms with Gasteiger partial charge in [0.15, 0.2) is 0 Å². The molecule has 8 nitrogen and oxygen atoms in total. The fourth-order valence-electron chi connectivity index (χ4n) is 3.44. The van der Waals surface area contributed by atoms with Gasteiger partial charge in [-0.05, 0) is 69.3 Å². The molecule has 0 saturated heterocycles. The van der Waals surface area contributed by atoms with Crippen LogP contribution in [0.2, 0.25) is 0 Å². The molecule has 0 aliphatic rings.